The second-order valence-electron chi connectivity index (χ2n) is 3.45. The van der Waals surface area contributed by atoms with Crippen molar-refractivity contribution in [2.24, 2.45) is 0 Å². The van der Waals surface area contributed by atoms with Gasteiger partial charge in [0.05, 0.1) is 0 Å². The summed E-state index contributed by atoms with van der Waals surface area (Å²) in [5.74, 6) is 1.43. The summed E-state index contributed by atoms with van der Waals surface area (Å²) >= 11 is 1.72. The van der Waals surface area contributed by atoms with E-state index in [1.54, 1.807) is 18.0 Å². The third kappa shape index (κ3) is 2.90. The number of nitrogens with zero attached hydrogens (tertiary/aromatic N) is 1. The van der Waals surface area contributed by atoms with Crippen LogP contribution in [0, 0.1) is 0 Å². The average Bonchev–Trinajstić information content (AvgIpc) is 2.28. The number of hydrogen-bond donors (Lipinski definition) is 2. The molecule has 3 nitrogen and oxygen atoms in total. The topological polar surface area (TPSA) is 64.9 Å². The monoisotopic (exact) mass is 231 g/mol. The maximum atomic E-state index is 5.71. The largest absolute Gasteiger partial charge is 0.399 e. The number of aromatic nitrogens is 1. The maximum absolute atomic E-state index is 5.71. The first-order valence-electron chi connectivity index (χ1n) is 4.93. The Morgan fingerprint density at radius 3 is 2.69 bits per heavy atom. The molecule has 2 rings (SSSR count). The minimum Gasteiger partial charge on any atom is -0.399 e. The number of thioether (sulfide) groups is 1. The highest BCUT2D eigenvalue weighted by atomic mass is 32.2. The Labute approximate surface area is 98.9 Å². The van der Waals surface area contributed by atoms with E-state index in [4.69, 9.17) is 11.5 Å². The normalized spacial score (nSPS) is 10.2. The van der Waals surface area contributed by atoms with E-state index in [0.29, 0.717) is 5.82 Å². The number of nitrogen functional groups attached to an aromatic ring is 2. The molecule has 82 valence electrons. The SMILES string of the molecule is Nc1cccc(CSc2ccc(N)nc2)c1. The lowest BCUT2D eigenvalue weighted by atomic mass is 10.2. The number of hydrogen-bond acceptors (Lipinski definition) is 4. The summed E-state index contributed by atoms with van der Waals surface area (Å²) in [4.78, 5) is 5.15. The molecule has 0 saturated heterocycles. The lowest BCUT2D eigenvalue weighted by Crippen LogP contribution is -1.89. The molecule has 0 saturated carbocycles. The van der Waals surface area contributed by atoms with Gasteiger partial charge in [-0.2, -0.15) is 0 Å². The van der Waals surface area contributed by atoms with Gasteiger partial charge in [-0.3, -0.25) is 0 Å². The Hall–Kier alpha value is -1.68. The van der Waals surface area contributed by atoms with E-state index in [2.05, 4.69) is 11.1 Å². The molecule has 4 N–H and O–H groups in total. The van der Waals surface area contributed by atoms with Crippen molar-refractivity contribution in [1.29, 1.82) is 0 Å². The smallest absolute Gasteiger partial charge is 0.123 e. The standard InChI is InChI=1S/C12H13N3S/c13-10-3-1-2-9(6-10)8-16-11-4-5-12(14)15-7-11/h1-7H,8,13H2,(H2,14,15). The predicted octanol–water partition coefficient (Wildman–Crippen LogP) is 2.54. The first kappa shape index (κ1) is 10.8. The Morgan fingerprint density at radius 1 is 1.12 bits per heavy atom. The van der Waals surface area contributed by atoms with E-state index in [-0.39, 0.29) is 0 Å². The second-order valence-corrected chi connectivity index (χ2v) is 4.50. The van der Waals surface area contributed by atoms with E-state index in [1.165, 1.54) is 5.56 Å². The summed E-state index contributed by atoms with van der Waals surface area (Å²) in [5.41, 5.74) is 13.2. The van der Waals surface area contributed by atoms with Gasteiger partial charge in [-0.1, -0.05) is 12.1 Å². The van der Waals surface area contributed by atoms with Gasteiger partial charge in [0.25, 0.3) is 0 Å². The van der Waals surface area contributed by atoms with Crippen LogP contribution in [-0.2, 0) is 5.75 Å². The third-order valence-electron chi connectivity index (χ3n) is 2.12. The molecule has 0 aliphatic rings. The molecule has 0 atom stereocenters. The molecule has 0 spiro atoms. The van der Waals surface area contributed by atoms with Gasteiger partial charge in [0.2, 0.25) is 0 Å². The highest BCUT2D eigenvalue weighted by Crippen LogP contribution is 2.23. The summed E-state index contributed by atoms with van der Waals surface area (Å²) < 4.78 is 0. The average molecular weight is 231 g/mol. The molecule has 0 amide bonds. The van der Waals surface area contributed by atoms with Crippen molar-refractivity contribution >= 4 is 23.3 Å². The maximum Gasteiger partial charge on any atom is 0.123 e. The van der Waals surface area contributed by atoms with Crippen molar-refractivity contribution in [2.45, 2.75) is 10.6 Å². The zero-order valence-corrected chi connectivity index (χ0v) is 9.58. The van der Waals surface area contributed by atoms with E-state index < -0.39 is 0 Å². The van der Waals surface area contributed by atoms with Crippen molar-refractivity contribution in [2.75, 3.05) is 11.5 Å². The highest BCUT2D eigenvalue weighted by Gasteiger charge is 1.97. The molecular formula is C12H13N3S. The van der Waals surface area contributed by atoms with Gasteiger partial charge in [0, 0.05) is 22.5 Å². The lowest BCUT2D eigenvalue weighted by molar-refractivity contribution is 1.24. The summed E-state index contributed by atoms with van der Waals surface area (Å²) in [6, 6.07) is 11.7. The van der Waals surface area contributed by atoms with Gasteiger partial charge in [-0.25, -0.2) is 4.98 Å². The van der Waals surface area contributed by atoms with Crippen LogP contribution in [0.5, 0.6) is 0 Å². The van der Waals surface area contributed by atoms with Crippen LogP contribution in [0.15, 0.2) is 47.5 Å². The molecule has 1 aromatic carbocycles. The van der Waals surface area contributed by atoms with Crippen molar-refractivity contribution in [3.05, 3.63) is 48.2 Å². The summed E-state index contributed by atoms with van der Waals surface area (Å²) in [6.07, 6.45) is 1.78. The van der Waals surface area contributed by atoms with Crippen LogP contribution in [0.2, 0.25) is 0 Å². The van der Waals surface area contributed by atoms with Gasteiger partial charge in [0.1, 0.15) is 5.82 Å². The minimum absolute atomic E-state index is 0.549. The molecule has 0 bridgehead atoms. The number of benzene rings is 1. The predicted molar refractivity (Wildman–Crippen MR) is 69.1 cm³/mol. The van der Waals surface area contributed by atoms with E-state index in [0.717, 1.165) is 16.3 Å². The van der Waals surface area contributed by atoms with Crippen LogP contribution in [0.1, 0.15) is 5.56 Å². The van der Waals surface area contributed by atoms with Crippen LogP contribution in [0.3, 0.4) is 0 Å². The zero-order valence-electron chi connectivity index (χ0n) is 8.76. The first-order chi connectivity index (χ1) is 7.74. The van der Waals surface area contributed by atoms with Crippen LogP contribution < -0.4 is 11.5 Å². The quantitative estimate of drug-likeness (QED) is 0.629. The highest BCUT2D eigenvalue weighted by molar-refractivity contribution is 7.98. The molecule has 1 heterocycles. The molecule has 4 heteroatoms. The lowest BCUT2D eigenvalue weighted by Gasteiger charge is -2.03. The molecular weight excluding hydrogens is 218 g/mol. The Balaban J connectivity index is 1.99. The van der Waals surface area contributed by atoms with Gasteiger partial charge in [0.15, 0.2) is 0 Å². The third-order valence-corrected chi connectivity index (χ3v) is 3.17. The summed E-state index contributed by atoms with van der Waals surface area (Å²) in [7, 11) is 0. The molecule has 0 unspecified atom stereocenters. The Bertz CT molecular complexity index is 468. The van der Waals surface area contributed by atoms with E-state index in [9.17, 15) is 0 Å². The second kappa shape index (κ2) is 4.90. The number of nitrogens with two attached hydrogens (primary N) is 2. The molecule has 0 fully saturated rings. The number of rotatable bonds is 3. The van der Waals surface area contributed by atoms with E-state index in [1.807, 2.05) is 30.3 Å². The van der Waals surface area contributed by atoms with Crippen molar-refractivity contribution in [3.63, 3.8) is 0 Å². The van der Waals surface area contributed by atoms with Gasteiger partial charge >= 0.3 is 0 Å². The molecule has 0 aliphatic heterocycles. The summed E-state index contributed by atoms with van der Waals surface area (Å²) in [6.45, 7) is 0. The molecule has 1 aromatic heterocycles. The number of anilines is 2. The van der Waals surface area contributed by atoms with Crippen molar-refractivity contribution in [1.82, 2.24) is 4.98 Å². The fourth-order valence-corrected chi connectivity index (χ4v) is 2.13. The van der Waals surface area contributed by atoms with Gasteiger partial charge in [-0.05, 0) is 29.8 Å². The van der Waals surface area contributed by atoms with Crippen LogP contribution in [-0.4, -0.2) is 4.98 Å². The van der Waals surface area contributed by atoms with Crippen molar-refractivity contribution < 1.29 is 0 Å². The molecule has 0 radical (unpaired) electrons. The van der Waals surface area contributed by atoms with Gasteiger partial charge in [-0.15, -0.1) is 11.8 Å². The van der Waals surface area contributed by atoms with Crippen LogP contribution in [0.4, 0.5) is 11.5 Å². The van der Waals surface area contributed by atoms with Crippen molar-refractivity contribution in [3.8, 4) is 0 Å². The van der Waals surface area contributed by atoms with Gasteiger partial charge < -0.3 is 11.5 Å². The Kier molecular flexibility index (Phi) is 3.31. The van der Waals surface area contributed by atoms with E-state index >= 15 is 0 Å². The Morgan fingerprint density at radius 2 is 2.00 bits per heavy atom. The van der Waals surface area contributed by atoms with Crippen LogP contribution >= 0.6 is 11.8 Å². The zero-order chi connectivity index (χ0) is 11.4. The molecule has 0 aliphatic carbocycles. The van der Waals surface area contributed by atoms with Crippen LogP contribution in [0.25, 0.3) is 0 Å². The first-order valence-corrected chi connectivity index (χ1v) is 5.91. The molecule has 16 heavy (non-hydrogen) atoms. The summed E-state index contributed by atoms with van der Waals surface area (Å²) in [5, 5.41) is 0. The number of pyridine rings is 1. The minimum atomic E-state index is 0.549. The fraction of sp³-hybridized carbons (Fsp3) is 0.0833. The fourth-order valence-electron chi connectivity index (χ4n) is 1.33. The molecule has 2 aromatic rings.